The van der Waals surface area contributed by atoms with Crippen molar-refractivity contribution >= 4 is 28.7 Å². The first kappa shape index (κ1) is 17.6. The monoisotopic (exact) mass is 375 g/mol. The van der Waals surface area contributed by atoms with Crippen LogP contribution in [0, 0.1) is 0 Å². The summed E-state index contributed by atoms with van der Waals surface area (Å²) in [6, 6.07) is 12.7. The highest BCUT2D eigenvalue weighted by Gasteiger charge is 2.28. The molecule has 0 aliphatic carbocycles. The van der Waals surface area contributed by atoms with Crippen LogP contribution < -0.4 is 9.47 Å². The molecule has 4 rings (SSSR count). The van der Waals surface area contributed by atoms with E-state index < -0.39 is 5.97 Å². The third kappa shape index (κ3) is 3.40. The van der Waals surface area contributed by atoms with E-state index in [9.17, 15) is 9.59 Å². The molecule has 0 saturated carbocycles. The van der Waals surface area contributed by atoms with Gasteiger partial charge in [0.05, 0.1) is 5.56 Å². The molecule has 6 nitrogen and oxygen atoms in total. The number of hydrogen-bond acceptors (Lipinski definition) is 5. The highest BCUT2D eigenvalue weighted by atomic mass is 16.6. The lowest BCUT2D eigenvalue weighted by Gasteiger charge is -2.06. The zero-order valence-corrected chi connectivity index (χ0v) is 14.9. The Hall–Kier alpha value is -3.80. The minimum absolute atomic E-state index is 0.131. The number of ether oxygens (including phenoxy) is 3. The van der Waals surface area contributed by atoms with Gasteiger partial charge in [-0.25, -0.2) is 4.79 Å². The number of para-hydroxylation sites is 1. The topological polar surface area (TPSA) is 77.6 Å². The van der Waals surface area contributed by atoms with E-state index in [4.69, 9.17) is 14.2 Å². The molecule has 0 radical (unpaired) electrons. The number of H-pyrrole nitrogens is 1. The van der Waals surface area contributed by atoms with Gasteiger partial charge in [-0.15, -0.1) is 0 Å². The van der Waals surface area contributed by atoms with Gasteiger partial charge in [0.2, 0.25) is 5.78 Å². The fourth-order valence-electron chi connectivity index (χ4n) is 2.95. The molecule has 1 aliphatic rings. The number of ketones is 1. The highest BCUT2D eigenvalue weighted by molar-refractivity contribution is 6.15. The molecule has 0 bridgehead atoms. The Kier molecular flexibility index (Phi) is 4.68. The Bertz CT molecular complexity index is 1110. The van der Waals surface area contributed by atoms with Crippen molar-refractivity contribution in [2.45, 2.75) is 0 Å². The first-order valence-electron chi connectivity index (χ1n) is 8.69. The molecule has 1 aromatic heterocycles. The smallest absolute Gasteiger partial charge is 0.344 e. The van der Waals surface area contributed by atoms with Gasteiger partial charge in [-0.3, -0.25) is 4.79 Å². The van der Waals surface area contributed by atoms with Gasteiger partial charge in [0.15, 0.2) is 12.4 Å². The minimum Gasteiger partial charge on any atom is -0.482 e. The Morgan fingerprint density at radius 3 is 2.93 bits per heavy atom. The van der Waals surface area contributed by atoms with Crippen LogP contribution in [0.3, 0.4) is 0 Å². The summed E-state index contributed by atoms with van der Waals surface area (Å²) in [6.45, 7) is 3.37. The van der Waals surface area contributed by atoms with Gasteiger partial charge in [0.1, 0.15) is 18.1 Å². The van der Waals surface area contributed by atoms with Gasteiger partial charge in [0.25, 0.3) is 0 Å². The molecular formula is C22H17NO5. The first-order chi connectivity index (χ1) is 13.7. The van der Waals surface area contributed by atoms with E-state index in [1.54, 1.807) is 24.3 Å². The highest BCUT2D eigenvalue weighted by Crippen LogP contribution is 2.35. The average molecular weight is 375 g/mol. The summed E-state index contributed by atoms with van der Waals surface area (Å²) in [5.74, 6) is 0.348. The number of aromatic amines is 1. The zero-order chi connectivity index (χ0) is 19.5. The molecule has 0 amide bonds. The maximum absolute atomic E-state index is 12.6. The third-order valence-corrected chi connectivity index (χ3v) is 4.27. The van der Waals surface area contributed by atoms with E-state index in [2.05, 4.69) is 11.6 Å². The summed E-state index contributed by atoms with van der Waals surface area (Å²) >= 11 is 0. The van der Waals surface area contributed by atoms with Crippen LogP contribution in [0.15, 0.2) is 67.1 Å². The molecular weight excluding hydrogens is 358 g/mol. The van der Waals surface area contributed by atoms with Crippen molar-refractivity contribution in [3.8, 4) is 11.5 Å². The predicted molar refractivity (Wildman–Crippen MR) is 104 cm³/mol. The summed E-state index contributed by atoms with van der Waals surface area (Å²) in [5, 5.41) is 1.00. The van der Waals surface area contributed by atoms with Crippen LogP contribution >= 0.6 is 0 Å². The van der Waals surface area contributed by atoms with Gasteiger partial charge >= 0.3 is 5.97 Å². The number of carbonyl (C=O) groups excluding carboxylic acids is 2. The van der Waals surface area contributed by atoms with Gasteiger partial charge in [-0.1, -0.05) is 30.9 Å². The normalized spacial score (nSPS) is 14.0. The lowest BCUT2D eigenvalue weighted by molar-refractivity contribution is -0.144. The number of Topliss-reactive ketones (excluding diaryl/α,β-unsaturated/α-hetero) is 1. The average Bonchev–Trinajstić information content (AvgIpc) is 3.26. The Balaban J connectivity index is 1.52. The second-order valence-electron chi connectivity index (χ2n) is 6.15. The van der Waals surface area contributed by atoms with Gasteiger partial charge in [-0.2, -0.15) is 0 Å². The van der Waals surface area contributed by atoms with Crippen LogP contribution in [0.1, 0.15) is 15.9 Å². The summed E-state index contributed by atoms with van der Waals surface area (Å²) in [7, 11) is 0. The molecule has 1 N–H and O–H groups in total. The first-order valence-corrected chi connectivity index (χ1v) is 8.69. The molecule has 3 aromatic rings. The van der Waals surface area contributed by atoms with Crippen molar-refractivity contribution in [3.05, 3.63) is 78.2 Å². The Morgan fingerprint density at radius 2 is 2.07 bits per heavy atom. The largest absolute Gasteiger partial charge is 0.482 e. The van der Waals surface area contributed by atoms with Gasteiger partial charge in [-0.05, 0) is 24.3 Å². The van der Waals surface area contributed by atoms with E-state index in [0.717, 1.165) is 16.5 Å². The maximum atomic E-state index is 12.6. The van der Waals surface area contributed by atoms with Crippen molar-refractivity contribution in [1.82, 2.24) is 4.98 Å². The third-order valence-electron chi connectivity index (χ3n) is 4.27. The fraction of sp³-hybridized carbons (Fsp3) is 0.0909. The molecule has 0 saturated heterocycles. The number of esters is 1. The molecule has 1 aliphatic heterocycles. The van der Waals surface area contributed by atoms with Crippen molar-refractivity contribution in [3.63, 3.8) is 0 Å². The van der Waals surface area contributed by atoms with Crippen LogP contribution in [0.4, 0.5) is 0 Å². The van der Waals surface area contributed by atoms with E-state index in [1.165, 1.54) is 6.08 Å². The number of rotatable bonds is 6. The Morgan fingerprint density at radius 1 is 1.21 bits per heavy atom. The lowest BCUT2D eigenvalue weighted by atomic mass is 10.1. The van der Waals surface area contributed by atoms with Gasteiger partial charge in [0, 0.05) is 28.7 Å². The molecule has 28 heavy (non-hydrogen) atoms. The van der Waals surface area contributed by atoms with Crippen molar-refractivity contribution < 1.29 is 23.8 Å². The van der Waals surface area contributed by atoms with Crippen molar-refractivity contribution in [2.24, 2.45) is 0 Å². The molecule has 2 heterocycles. The predicted octanol–water partition coefficient (Wildman–Crippen LogP) is 3.89. The van der Waals surface area contributed by atoms with Crippen molar-refractivity contribution in [2.75, 3.05) is 13.2 Å². The number of benzene rings is 2. The molecule has 140 valence electrons. The van der Waals surface area contributed by atoms with Crippen LogP contribution in [0.2, 0.25) is 0 Å². The SMILES string of the molecule is C=CCOC(=O)COc1ccc2c(c1)O/C(=C/c1c[nH]c3ccccc13)C2=O. The van der Waals surface area contributed by atoms with E-state index in [1.807, 2.05) is 30.5 Å². The van der Waals surface area contributed by atoms with E-state index >= 15 is 0 Å². The second-order valence-corrected chi connectivity index (χ2v) is 6.15. The van der Waals surface area contributed by atoms with Crippen LogP contribution in [-0.4, -0.2) is 30.0 Å². The standard InChI is InChI=1S/C22H17NO5/c1-2-9-26-21(24)13-27-15-7-8-17-19(11-15)28-20(22(17)25)10-14-12-23-18-6-4-3-5-16(14)18/h2-8,10-12,23H,1,9,13H2/b20-10+. The Labute approximate surface area is 161 Å². The summed E-state index contributed by atoms with van der Waals surface area (Å²) < 4.78 is 16.0. The molecule has 0 unspecified atom stereocenters. The lowest BCUT2D eigenvalue weighted by Crippen LogP contribution is -2.14. The molecule has 0 fully saturated rings. The summed E-state index contributed by atoms with van der Waals surface area (Å²) in [5.41, 5.74) is 2.30. The van der Waals surface area contributed by atoms with Crippen LogP contribution in [0.5, 0.6) is 11.5 Å². The van der Waals surface area contributed by atoms with Crippen molar-refractivity contribution in [1.29, 1.82) is 0 Å². The number of carbonyl (C=O) groups is 2. The minimum atomic E-state index is -0.502. The number of hydrogen-bond donors (Lipinski definition) is 1. The molecule has 2 aromatic carbocycles. The fourth-order valence-corrected chi connectivity index (χ4v) is 2.95. The molecule has 0 atom stereocenters. The van der Waals surface area contributed by atoms with E-state index in [-0.39, 0.29) is 24.8 Å². The number of allylic oxidation sites excluding steroid dienone is 1. The van der Waals surface area contributed by atoms with Gasteiger partial charge < -0.3 is 19.2 Å². The quantitative estimate of drug-likeness (QED) is 0.402. The molecule has 0 spiro atoms. The molecule has 6 heteroatoms. The summed E-state index contributed by atoms with van der Waals surface area (Å²) in [6.07, 6.45) is 5.03. The zero-order valence-electron chi connectivity index (χ0n) is 14.9. The number of nitrogens with one attached hydrogen (secondary N) is 1. The maximum Gasteiger partial charge on any atom is 0.344 e. The number of fused-ring (bicyclic) bond motifs is 2. The van der Waals surface area contributed by atoms with Crippen LogP contribution in [-0.2, 0) is 9.53 Å². The summed E-state index contributed by atoms with van der Waals surface area (Å²) in [4.78, 5) is 27.3. The van der Waals surface area contributed by atoms with E-state index in [0.29, 0.717) is 17.1 Å². The number of aromatic nitrogens is 1. The van der Waals surface area contributed by atoms with Crippen LogP contribution in [0.25, 0.3) is 17.0 Å². The second kappa shape index (κ2) is 7.44.